The number of hydrogen-bond donors (Lipinski definition) is 1. The van der Waals surface area contributed by atoms with Crippen molar-refractivity contribution in [2.45, 2.75) is 6.10 Å². The van der Waals surface area contributed by atoms with Gasteiger partial charge in [-0.3, -0.25) is 9.59 Å². The molecule has 1 heterocycles. The second-order valence-electron chi connectivity index (χ2n) is 5.61. The number of anilines is 1. The Morgan fingerprint density at radius 2 is 1.84 bits per heavy atom. The van der Waals surface area contributed by atoms with Crippen molar-refractivity contribution >= 4 is 17.5 Å². The fourth-order valence-corrected chi connectivity index (χ4v) is 2.41. The summed E-state index contributed by atoms with van der Waals surface area (Å²) in [6.45, 7) is -0.0719. The number of carbonyl (C=O) groups excluding carboxylic acids is 2. The quantitative estimate of drug-likeness (QED) is 0.922. The van der Waals surface area contributed by atoms with Crippen molar-refractivity contribution in [2.75, 3.05) is 25.5 Å². The molecule has 1 N–H and O–H groups in total. The summed E-state index contributed by atoms with van der Waals surface area (Å²) in [5.74, 6) is -0.0529. The Hall–Kier alpha value is -3.09. The number of fused-ring (bicyclic) bond motifs is 1. The van der Waals surface area contributed by atoms with Gasteiger partial charge in [0.25, 0.3) is 5.91 Å². The van der Waals surface area contributed by atoms with E-state index in [1.807, 2.05) is 6.07 Å². The van der Waals surface area contributed by atoms with E-state index in [0.29, 0.717) is 17.2 Å². The molecule has 0 spiro atoms. The van der Waals surface area contributed by atoms with Gasteiger partial charge in [-0.25, -0.2) is 4.39 Å². The van der Waals surface area contributed by atoms with Crippen LogP contribution in [0.4, 0.5) is 10.1 Å². The maximum Gasteiger partial charge on any atom is 0.267 e. The van der Waals surface area contributed by atoms with E-state index in [-0.39, 0.29) is 30.8 Å². The number of nitrogens with one attached hydrogen (secondary N) is 1. The summed E-state index contributed by atoms with van der Waals surface area (Å²) in [7, 11) is 1.51. The first-order valence-corrected chi connectivity index (χ1v) is 7.72. The molecule has 0 bridgehead atoms. The minimum Gasteiger partial charge on any atom is -0.485 e. The highest BCUT2D eigenvalue weighted by Gasteiger charge is 2.30. The number of ether oxygens (including phenoxy) is 2. The Kier molecular flexibility index (Phi) is 4.83. The van der Waals surface area contributed by atoms with E-state index in [1.54, 1.807) is 18.2 Å². The molecule has 7 heteroatoms. The zero-order valence-corrected chi connectivity index (χ0v) is 13.6. The predicted octanol–water partition coefficient (Wildman–Crippen LogP) is 2.06. The predicted molar refractivity (Wildman–Crippen MR) is 89.0 cm³/mol. The maximum atomic E-state index is 12.9. The molecule has 0 fully saturated rings. The third-order valence-corrected chi connectivity index (χ3v) is 3.67. The highest BCUT2D eigenvalue weighted by molar-refractivity contribution is 5.95. The van der Waals surface area contributed by atoms with Crippen molar-refractivity contribution in [1.29, 1.82) is 0 Å². The van der Waals surface area contributed by atoms with Crippen LogP contribution in [0.2, 0.25) is 0 Å². The lowest BCUT2D eigenvalue weighted by molar-refractivity contribution is -0.141. The smallest absolute Gasteiger partial charge is 0.267 e. The first-order valence-electron chi connectivity index (χ1n) is 7.72. The minimum atomic E-state index is -0.807. The maximum absolute atomic E-state index is 12.9. The number of carbonyl (C=O) groups is 2. The topological polar surface area (TPSA) is 67.9 Å². The summed E-state index contributed by atoms with van der Waals surface area (Å²) >= 11 is 0. The van der Waals surface area contributed by atoms with E-state index in [9.17, 15) is 14.0 Å². The number of amides is 2. The van der Waals surface area contributed by atoms with Crippen molar-refractivity contribution in [1.82, 2.24) is 4.90 Å². The second-order valence-corrected chi connectivity index (χ2v) is 5.61. The van der Waals surface area contributed by atoms with Gasteiger partial charge in [-0.15, -0.1) is 0 Å². The molecule has 2 amide bonds. The molecule has 1 aliphatic rings. The van der Waals surface area contributed by atoms with Gasteiger partial charge in [-0.2, -0.15) is 0 Å². The van der Waals surface area contributed by atoms with Crippen LogP contribution in [0.1, 0.15) is 0 Å². The van der Waals surface area contributed by atoms with Crippen molar-refractivity contribution in [3.05, 3.63) is 54.3 Å². The van der Waals surface area contributed by atoms with E-state index >= 15 is 0 Å². The van der Waals surface area contributed by atoms with E-state index < -0.39 is 6.10 Å². The lowest BCUT2D eigenvalue weighted by Crippen LogP contribution is -2.47. The van der Waals surface area contributed by atoms with Crippen molar-refractivity contribution in [3.63, 3.8) is 0 Å². The van der Waals surface area contributed by atoms with Gasteiger partial charge in [0.2, 0.25) is 12.0 Å². The molecule has 2 aromatic carbocycles. The Morgan fingerprint density at radius 1 is 1.16 bits per heavy atom. The number of benzene rings is 2. The third-order valence-electron chi connectivity index (χ3n) is 3.67. The number of hydrogen-bond acceptors (Lipinski definition) is 4. The largest absolute Gasteiger partial charge is 0.485 e. The molecular formula is C18H17FN2O4. The first kappa shape index (κ1) is 16.8. The monoisotopic (exact) mass is 344 g/mol. The molecule has 6 nitrogen and oxygen atoms in total. The zero-order chi connectivity index (χ0) is 17.8. The van der Waals surface area contributed by atoms with E-state index in [2.05, 4.69) is 5.32 Å². The summed E-state index contributed by atoms with van der Waals surface area (Å²) < 4.78 is 24.0. The lowest BCUT2D eigenvalue weighted by Gasteiger charge is -2.28. The Bertz CT molecular complexity index is 779. The molecule has 1 atom stereocenters. The molecule has 0 aliphatic carbocycles. The van der Waals surface area contributed by atoms with Crippen LogP contribution in [-0.2, 0) is 9.59 Å². The third kappa shape index (κ3) is 4.06. The normalized spacial score (nSPS) is 15.4. The molecule has 0 saturated heterocycles. The molecule has 130 valence electrons. The fourth-order valence-electron chi connectivity index (χ4n) is 2.41. The van der Waals surface area contributed by atoms with Gasteiger partial charge in [-0.05, 0) is 36.4 Å². The van der Waals surface area contributed by atoms with Gasteiger partial charge < -0.3 is 19.7 Å². The SMILES string of the molecule is CN(CC(=O)Nc1ccc(F)cc1)C(=O)[C@H]1COc2ccccc2O1. The molecule has 0 aromatic heterocycles. The average molecular weight is 344 g/mol. The van der Waals surface area contributed by atoms with Crippen LogP contribution in [0.15, 0.2) is 48.5 Å². The van der Waals surface area contributed by atoms with Crippen molar-refractivity contribution < 1.29 is 23.5 Å². The number of nitrogens with zero attached hydrogens (tertiary/aromatic N) is 1. The molecule has 0 unspecified atom stereocenters. The standard InChI is InChI=1S/C18H17FN2O4/c1-21(10-17(22)20-13-8-6-12(19)7-9-13)18(23)16-11-24-14-4-2-3-5-15(14)25-16/h2-9,16H,10-11H2,1H3,(H,20,22)/t16-/m1/s1. The van der Waals surface area contributed by atoms with Crippen LogP contribution in [-0.4, -0.2) is 43.0 Å². The first-order chi connectivity index (χ1) is 12.0. The van der Waals surface area contributed by atoms with Crippen LogP contribution < -0.4 is 14.8 Å². The summed E-state index contributed by atoms with van der Waals surface area (Å²) in [6, 6.07) is 12.5. The van der Waals surface area contributed by atoms with E-state index in [4.69, 9.17) is 9.47 Å². The lowest BCUT2D eigenvalue weighted by atomic mass is 10.2. The van der Waals surface area contributed by atoms with Crippen LogP contribution in [0, 0.1) is 5.82 Å². The van der Waals surface area contributed by atoms with Crippen LogP contribution in [0.25, 0.3) is 0 Å². The van der Waals surface area contributed by atoms with Crippen LogP contribution >= 0.6 is 0 Å². The van der Waals surface area contributed by atoms with Gasteiger partial charge in [0, 0.05) is 12.7 Å². The molecule has 0 radical (unpaired) electrons. The Labute approximate surface area is 144 Å². The summed E-state index contributed by atoms with van der Waals surface area (Å²) in [5, 5.41) is 2.60. The molecule has 1 aliphatic heterocycles. The van der Waals surface area contributed by atoms with Gasteiger partial charge in [0.15, 0.2) is 11.5 Å². The minimum absolute atomic E-state index is 0.0831. The number of halogens is 1. The fraction of sp³-hybridized carbons (Fsp3) is 0.222. The average Bonchev–Trinajstić information content (AvgIpc) is 2.62. The van der Waals surface area contributed by atoms with Crippen LogP contribution in [0.5, 0.6) is 11.5 Å². The van der Waals surface area contributed by atoms with Gasteiger partial charge in [-0.1, -0.05) is 12.1 Å². The van der Waals surface area contributed by atoms with E-state index in [1.165, 1.54) is 36.2 Å². The zero-order valence-electron chi connectivity index (χ0n) is 13.6. The molecule has 3 rings (SSSR count). The Morgan fingerprint density at radius 3 is 2.56 bits per heavy atom. The van der Waals surface area contributed by atoms with Crippen molar-refractivity contribution in [2.24, 2.45) is 0 Å². The summed E-state index contributed by atoms with van der Waals surface area (Å²) in [5.41, 5.74) is 0.457. The van der Waals surface area contributed by atoms with Crippen LogP contribution in [0.3, 0.4) is 0 Å². The van der Waals surface area contributed by atoms with Gasteiger partial charge >= 0.3 is 0 Å². The summed E-state index contributed by atoms with van der Waals surface area (Å²) in [4.78, 5) is 25.7. The van der Waals surface area contributed by atoms with Gasteiger partial charge in [0.1, 0.15) is 12.4 Å². The molecule has 0 saturated carbocycles. The molecule has 25 heavy (non-hydrogen) atoms. The highest BCUT2D eigenvalue weighted by Crippen LogP contribution is 2.31. The second kappa shape index (κ2) is 7.21. The number of rotatable bonds is 4. The number of likely N-dealkylation sites (N-methyl/N-ethyl adjacent to an activating group) is 1. The molecular weight excluding hydrogens is 327 g/mol. The van der Waals surface area contributed by atoms with E-state index in [0.717, 1.165) is 0 Å². The summed E-state index contributed by atoms with van der Waals surface area (Å²) in [6.07, 6.45) is -0.807. The highest BCUT2D eigenvalue weighted by atomic mass is 19.1. The van der Waals surface area contributed by atoms with Gasteiger partial charge in [0.05, 0.1) is 6.54 Å². The number of para-hydroxylation sites is 2. The molecule has 2 aromatic rings. The Balaban J connectivity index is 1.56. The van der Waals surface area contributed by atoms with Crippen molar-refractivity contribution in [3.8, 4) is 11.5 Å².